The van der Waals surface area contributed by atoms with Crippen molar-refractivity contribution in [1.82, 2.24) is 9.78 Å². The number of carbonyl (C=O) groups excluding carboxylic acids is 1. The van der Waals surface area contributed by atoms with Crippen molar-refractivity contribution >= 4 is 11.6 Å². The van der Waals surface area contributed by atoms with E-state index in [0.717, 1.165) is 30.3 Å². The first-order valence-electron chi connectivity index (χ1n) is 9.39. The van der Waals surface area contributed by atoms with Gasteiger partial charge in [0.1, 0.15) is 6.10 Å². The smallest absolute Gasteiger partial charge is 0.253 e. The van der Waals surface area contributed by atoms with Crippen molar-refractivity contribution in [3.8, 4) is 5.75 Å². The van der Waals surface area contributed by atoms with E-state index in [1.54, 1.807) is 10.9 Å². The number of methoxy groups -OCH3 is 1. The zero-order valence-corrected chi connectivity index (χ0v) is 17.6. The number of aliphatic hydroxyl groups excluding tert-OH is 2. The minimum atomic E-state index is -0.940. The van der Waals surface area contributed by atoms with Gasteiger partial charge in [-0.15, -0.1) is 0 Å². The van der Waals surface area contributed by atoms with Gasteiger partial charge in [-0.1, -0.05) is 6.07 Å². The Morgan fingerprint density at radius 2 is 2.00 bits per heavy atom. The maximum absolute atomic E-state index is 12.5. The van der Waals surface area contributed by atoms with Crippen LogP contribution in [0, 0.1) is 18.6 Å². The zero-order chi connectivity index (χ0) is 22.7. The summed E-state index contributed by atoms with van der Waals surface area (Å²) in [6, 6.07) is 3.79. The van der Waals surface area contributed by atoms with Crippen LogP contribution in [0.25, 0.3) is 0 Å². The summed E-state index contributed by atoms with van der Waals surface area (Å²) in [7, 11) is 3.12. The van der Waals surface area contributed by atoms with Crippen LogP contribution in [0.15, 0.2) is 24.4 Å². The quantitative estimate of drug-likeness (QED) is 0.688. The lowest BCUT2D eigenvalue weighted by atomic mass is 10.2. The minimum Gasteiger partial charge on any atom is -0.494 e. The number of amides is 1. The highest BCUT2D eigenvalue weighted by Gasteiger charge is 2.28. The Kier molecular flexibility index (Phi) is 10.9. The first kappa shape index (κ1) is 25.5. The molecule has 10 heteroatoms. The van der Waals surface area contributed by atoms with Gasteiger partial charge in [0.15, 0.2) is 11.6 Å². The molecular formula is C20H29F2N3O5. The fourth-order valence-electron chi connectivity index (χ4n) is 2.57. The second kappa shape index (κ2) is 12.9. The molecule has 0 radical (unpaired) electrons. The Labute approximate surface area is 174 Å². The molecule has 1 aliphatic heterocycles. The number of nitrogens with one attached hydrogen (secondary N) is 1. The number of hydrogen-bond donors (Lipinski definition) is 3. The normalized spacial score (nSPS) is 17.3. The van der Waals surface area contributed by atoms with Crippen molar-refractivity contribution < 1.29 is 33.3 Å². The fourth-order valence-corrected chi connectivity index (χ4v) is 2.57. The molecule has 2 unspecified atom stereocenters. The number of benzene rings is 1. The predicted octanol–water partition coefficient (Wildman–Crippen LogP) is 2.18. The van der Waals surface area contributed by atoms with Crippen molar-refractivity contribution in [2.75, 3.05) is 25.6 Å². The van der Waals surface area contributed by atoms with E-state index in [0.29, 0.717) is 0 Å². The van der Waals surface area contributed by atoms with E-state index in [2.05, 4.69) is 15.2 Å². The number of halogens is 2. The molecule has 2 atom stereocenters. The summed E-state index contributed by atoms with van der Waals surface area (Å²) in [5.74, 6) is -1.97. The summed E-state index contributed by atoms with van der Waals surface area (Å²) in [6.07, 6.45) is 3.42. The van der Waals surface area contributed by atoms with Gasteiger partial charge in [-0.25, -0.2) is 4.39 Å². The number of aliphatic hydroxyl groups is 2. The molecule has 2 heterocycles. The molecule has 3 N–H and O–H groups in total. The maximum Gasteiger partial charge on any atom is 0.253 e. The topological polar surface area (TPSA) is 106 Å². The van der Waals surface area contributed by atoms with Gasteiger partial charge in [-0.05, 0) is 38.8 Å². The number of anilines is 1. The van der Waals surface area contributed by atoms with Crippen LogP contribution in [-0.2, 0) is 16.6 Å². The molecule has 0 saturated carbocycles. The zero-order valence-electron chi connectivity index (χ0n) is 17.6. The number of aryl methyl sites for hydroxylation is 2. The lowest BCUT2D eigenvalue weighted by Gasteiger charge is -2.10. The summed E-state index contributed by atoms with van der Waals surface area (Å²) in [5.41, 5.74) is 1.58. The maximum atomic E-state index is 12.5. The van der Waals surface area contributed by atoms with Crippen molar-refractivity contribution in [2.24, 2.45) is 7.05 Å². The molecule has 168 valence electrons. The molecule has 3 rings (SSSR count). The Balaban J connectivity index is 0.000000274. The second-order valence-electron chi connectivity index (χ2n) is 6.51. The van der Waals surface area contributed by atoms with Gasteiger partial charge in [0.25, 0.3) is 5.91 Å². The standard InChI is InChI=1S/C11H17N3O2.C7H6F2O.C2H6O2/c1-7-4-5-10(16-7)11(15)12-9-6-14(3)13-8(9)2;1-10-6-4-2-3-5(8)7(6)9;3-1-2-4/h6-7,10H,4-5H2,1-3H3,(H,12,15);2-4H,1H3;3-4H,1-2H2. The van der Waals surface area contributed by atoms with Gasteiger partial charge in [-0.2, -0.15) is 9.49 Å². The van der Waals surface area contributed by atoms with E-state index in [1.807, 2.05) is 20.9 Å². The van der Waals surface area contributed by atoms with Crippen LogP contribution in [0.5, 0.6) is 5.75 Å². The Bertz CT molecular complexity index is 799. The second-order valence-corrected chi connectivity index (χ2v) is 6.51. The summed E-state index contributed by atoms with van der Waals surface area (Å²) < 4.78 is 36.5. The van der Waals surface area contributed by atoms with Crippen LogP contribution in [0.2, 0.25) is 0 Å². The molecule has 2 aromatic rings. The van der Waals surface area contributed by atoms with Crippen LogP contribution in [0.4, 0.5) is 14.5 Å². The summed E-state index contributed by atoms with van der Waals surface area (Å²) in [6.45, 7) is 3.61. The number of rotatable bonds is 4. The predicted molar refractivity (Wildman–Crippen MR) is 107 cm³/mol. The third-order valence-corrected chi connectivity index (χ3v) is 4.03. The van der Waals surface area contributed by atoms with Gasteiger partial charge >= 0.3 is 0 Å². The molecule has 0 bridgehead atoms. The number of aromatic nitrogens is 2. The molecule has 1 aliphatic rings. The van der Waals surface area contributed by atoms with Crippen LogP contribution >= 0.6 is 0 Å². The van der Waals surface area contributed by atoms with Gasteiger partial charge in [0.2, 0.25) is 5.82 Å². The summed E-state index contributed by atoms with van der Waals surface area (Å²) in [5, 5.41) is 22.3. The molecule has 1 fully saturated rings. The highest BCUT2D eigenvalue weighted by Crippen LogP contribution is 2.21. The molecule has 1 saturated heterocycles. The number of carbonyl (C=O) groups is 1. The van der Waals surface area contributed by atoms with E-state index in [1.165, 1.54) is 19.2 Å². The van der Waals surface area contributed by atoms with E-state index < -0.39 is 11.6 Å². The largest absolute Gasteiger partial charge is 0.494 e. The highest BCUT2D eigenvalue weighted by molar-refractivity contribution is 5.94. The SMILES string of the molecule is COc1cccc(F)c1F.Cc1nn(C)cc1NC(=O)C1CCC(C)O1.OCCO. The summed E-state index contributed by atoms with van der Waals surface area (Å²) in [4.78, 5) is 11.8. The lowest BCUT2D eigenvalue weighted by molar-refractivity contribution is -0.126. The molecule has 0 spiro atoms. The Morgan fingerprint density at radius 3 is 2.43 bits per heavy atom. The Hall–Kier alpha value is -2.56. The molecule has 0 aliphatic carbocycles. The molecule has 30 heavy (non-hydrogen) atoms. The monoisotopic (exact) mass is 429 g/mol. The van der Waals surface area contributed by atoms with E-state index in [-0.39, 0.29) is 37.1 Å². The van der Waals surface area contributed by atoms with Gasteiger partial charge in [-0.3, -0.25) is 9.48 Å². The van der Waals surface area contributed by atoms with Crippen molar-refractivity contribution in [3.05, 3.63) is 41.7 Å². The lowest BCUT2D eigenvalue weighted by Crippen LogP contribution is -2.27. The van der Waals surface area contributed by atoms with E-state index in [4.69, 9.17) is 14.9 Å². The van der Waals surface area contributed by atoms with Gasteiger partial charge in [0, 0.05) is 13.2 Å². The van der Waals surface area contributed by atoms with Crippen LogP contribution in [-0.4, -0.2) is 58.4 Å². The third-order valence-electron chi connectivity index (χ3n) is 4.03. The number of nitrogens with zero attached hydrogens (tertiary/aromatic N) is 2. The van der Waals surface area contributed by atoms with Crippen LogP contribution < -0.4 is 10.1 Å². The van der Waals surface area contributed by atoms with Gasteiger partial charge < -0.3 is 25.0 Å². The molecule has 1 aromatic carbocycles. The minimum absolute atomic E-state index is 0.0690. The number of hydrogen-bond acceptors (Lipinski definition) is 6. The van der Waals surface area contributed by atoms with Crippen molar-refractivity contribution in [1.29, 1.82) is 0 Å². The van der Waals surface area contributed by atoms with Crippen molar-refractivity contribution in [3.63, 3.8) is 0 Å². The third kappa shape index (κ3) is 8.05. The average Bonchev–Trinajstić information content (AvgIpc) is 3.29. The fraction of sp³-hybridized carbons (Fsp3) is 0.500. The molecule has 1 amide bonds. The first-order chi connectivity index (χ1) is 14.2. The highest BCUT2D eigenvalue weighted by atomic mass is 19.2. The molecule has 1 aromatic heterocycles. The first-order valence-corrected chi connectivity index (χ1v) is 9.39. The van der Waals surface area contributed by atoms with Crippen LogP contribution in [0.1, 0.15) is 25.5 Å². The van der Waals surface area contributed by atoms with E-state index >= 15 is 0 Å². The number of ether oxygens (including phenoxy) is 2. The van der Waals surface area contributed by atoms with Gasteiger partial charge in [0.05, 0.1) is 37.8 Å². The molecular weight excluding hydrogens is 400 g/mol. The van der Waals surface area contributed by atoms with Crippen LogP contribution in [0.3, 0.4) is 0 Å². The molecule has 8 nitrogen and oxygen atoms in total. The van der Waals surface area contributed by atoms with Crippen molar-refractivity contribution in [2.45, 2.75) is 38.9 Å². The average molecular weight is 429 g/mol. The summed E-state index contributed by atoms with van der Waals surface area (Å²) >= 11 is 0. The van der Waals surface area contributed by atoms with E-state index in [9.17, 15) is 13.6 Å². The Morgan fingerprint density at radius 1 is 1.33 bits per heavy atom.